The minimum absolute atomic E-state index is 0.0532. The van der Waals surface area contributed by atoms with Crippen molar-refractivity contribution in [2.75, 3.05) is 0 Å². The summed E-state index contributed by atoms with van der Waals surface area (Å²) < 4.78 is 0. The molecule has 0 aromatic carbocycles. The van der Waals surface area contributed by atoms with Gasteiger partial charge in [0.05, 0.1) is 5.54 Å². The average Bonchev–Trinajstić information content (AvgIpc) is 2.31. The van der Waals surface area contributed by atoms with E-state index >= 15 is 0 Å². The van der Waals surface area contributed by atoms with Crippen LogP contribution in [0.4, 0.5) is 0 Å². The molecule has 1 saturated carbocycles. The SMILES string of the molecule is CC1=CC[C@@]2(N)C(=O)CCC[C@]12C. The van der Waals surface area contributed by atoms with Gasteiger partial charge in [0.2, 0.25) is 0 Å². The Kier molecular flexibility index (Phi) is 1.68. The van der Waals surface area contributed by atoms with Crippen molar-refractivity contribution in [2.45, 2.75) is 45.1 Å². The number of Topliss-reactive ketones (excluding diaryl/α,β-unsaturated/α-hetero) is 1. The summed E-state index contributed by atoms with van der Waals surface area (Å²) in [6.45, 7) is 4.25. The third-order valence-electron chi connectivity index (χ3n) is 4.16. The lowest BCUT2D eigenvalue weighted by Crippen LogP contribution is -2.59. The molecular weight excluding hydrogens is 162 g/mol. The number of rotatable bonds is 0. The van der Waals surface area contributed by atoms with Crippen molar-refractivity contribution >= 4 is 5.78 Å². The fourth-order valence-electron chi connectivity index (χ4n) is 2.78. The molecule has 0 radical (unpaired) electrons. The van der Waals surface area contributed by atoms with Crippen LogP contribution in [0.5, 0.6) is 0 Å². The Morgan fingerprint density at radius 1 is 1.54 bits per heavy atom. The van der Waals surface area contributed by atoms with Gasteiger partial charge in [-0.3, -0.25) is 4.79 Å². The average molecular weight is 179 g/mol. The molecule has 72 valence electrons. The lowest BCUT2D eigenvalue weighted by Gasteiger charge is -2.45. The van der Waals surface area contributed by atoms with Crippen LogP contribution in [-0.4, -0.2) is 11.3 Å². The molecule has 2 atom stereocenters. The standard InChI is InChI=1S/C11H17NO/c1-8-5-7-11(12)9(13)4-3-6-10(8,11)2/h5H,3-4,6-7,12H2,1-2H3/t10-,11-/m1/s1. The molecule has 0 bridgehead atoms. The van der Waals surface area contributed by atoms with Crippen LogP contribution in [0.25, 0.3) is 0 Å². The van der Waals surface area contributed by atoms with E-state index in [9.17, 15) is 4.79 Å². The predicted octanol–water partition coefficient (Wildman–Crippen LogP) is 1.79. The molecule has 2 heteroatoms. The van der Waals surface area contributed by atoms with Crippen molar-refractivity contribution in [3.8, 4) is 0 Å². The van der Waals surface area contributed by atoms with Crippen molar-refractivity contribution in [3.63, 3.8) is 0 Å². The molecule has 0 amide bonds. The van der Waals surface area contributed by atoms with Crippen LogP contribution >= 0.6 is 0 Å². The zero-order valence-electron chi connectivity index (χ0n) is 8.39. The lowest BCUT2D eigenvalue weighted by molar-refractivity contribution is -0.130. The maximum atomic E-state index is 11.8. The summed E-state index contributed by atoms with van der Waals surface area (Å²) in [6, 6.07) is 0. The van der Waals surface area contributed by atoms with E-state index in [0.29, 0.717) is 6.42 Å². The fourth-order valence-corrected chi connectivity index (χ4v) is 2.78. The Morgan fingerprint density at radius 3 is 2.85 bits per heavy atom. The number of fused-ring (bicyclic) bond motifs is 1. The van der Waals surface area contributed by atoms with E-state index in [1.165, 1.54) is 5.57 Å². The molecule has 0 spiro atoms. The second-order valence-corrected chi connectivity index (χ2v) is 4.67. The van der Waals surface area contributed by atoms with E-state index in [2.05, 4.69) is 19.9 Å². The van der Waals surface area contributed by atoms with Gasteiger partial charge in [0.25, 0.3) is 0 Å². The maximum Gasteiger partial charge on any atom is 0.153 e. The third kappa shape index (κ3) is 0.896. The predicted molar refractivity (Wildman–Crippen MR) is 52.3 cm³/mol. The topological polar surface area (TPSA) is 43.1 Å². The van der Waals surface area contributed by atoms with Gasteiger partial charge >= 0.3 is 0 Å². The molecule has 0 aromatic heterocycles. The Bertz CT molecular complexity index is 294. The van der Waals surface area contributed by atoms with Gasteiger partial charge in [-0.15, -0.1) is 0 Å². The molecule has 1 fully saturated rings. The molecule has 0 unspecified atom stereocenters. The monoisotopic (exact) mass is 179 g/mol. The highest BCUT2D eigenvalue weighted by atomic mass is 16.1. The van der Waals surface area contributed by atoms with Crippen molar-refractivity contribution in [1.82, 2.24) is 0 Å². The van der Waals surface area contributed by atoms with Gasteiger partial charge < -0.3 is 5.73 Å². The van der Waals surface area contributed by atoms with E-state index in [4.69, 9.17) is 5.73 Å². The molecule has 2 aliphatic carbocycles. The molecule has 2 N–H and O–H groups in total. The fraction of sp³-hybridized carbons (Fsp3) is 0.727. The second kappa shape index (κ2) is 2.44. The zero-order valence-corrected chi connectivity index (χ0v) is 8.39. The summed E-state index contributed by atoms with van der Waals surface area (Å²) in [7, 11) is 0. The van der Waals surface area contributed by atoms with Crippen LogP contribution in [0, 0.1) is 5.41 Å². The van der Waals surface area contributed by atoms with Crippen LogP contribution in [0.15, 0.2) is 11.6 Å². The highest BCUT2D eigenvalue weighted by molar-refractivity contribution is 5.91. The number of carbonyl (C=O) groups is 1. The molecule has 0 aromatic rings. The molecule has 0 saturated heterocycles. The first-order valence-electron chi connectivity index (χ1n) is 5.00. The number of nitrogens with two attached hydrogens (primary N) is 1. The van der Waals surface area contributed by atoms with Gasteiger partial charge in [-0.25, -0.2) is 0 Å². The van der Waals surface area contributed by atoms with Crippen molar-refractivity contribution in [1.29, 1.82) is 0 Å². The van der Waals surface area contributed by atoms with Crippen LogP contribution in [0.3, 0.4) is 0 Å². The molecule has 2 aliphatic rings. The van der Waals surface area contributed by atoms with E-state index in [1.807, 2.05) is 0 Å². The zero-order chi connectivity index (χ0) is 9.69. The van der Waals surface area contributed by atoms with E-state index in [-0.39, 0.29) is 11.2 Å². The smallest absolute Gasteiger partial charge is 0.153 e. The second-order valence-electron chi connectivity index (χ2n) is 4.67. The molecule has 0 aliphatic heterocycles. The lowest BCUT2D eigenvalue weighted by atomic mass is 9.61. The summed E-state index contributed by atoms with van der Waals surface area (Å²) >= 11 is 0. The van der Waals surface area contributed by atoms with Crippen molar-refractivity contribution in [3.05, 3.63) is 11.6 Å². The number of hydrogen-bond acceptors (Lipinski definition) is 2. The number of carbonyl (C=O) groups excluding carboxylic acids is 1. The summed E-state index contributed by atoms with van der Waals surface area (Å²) in [5.74, 6) is 0.259. The van der Waals surface area contributed by atoms with E-state index in [1.54, 1.807) is 0 Å². The Labute approximate surface area is 79.2 Å². The Morgan fingerprint density at radius 2 is 2.23 bits per heavy atom. The first-order chi connectivity index (χ1) is 6.01. The molecule has 2 rings (SSSR count). The van der Waals surface area contributed by atoms with Gasteiger partial charge in [0.1, 0.15) is 0 Å². The molecular formula is C11H17NO. The highest BCUT2D eigenvalue weighted by Crippen LogP contribution is 2.51. The summed E-state index contributed by atoms with van der Waals surface area (Å²) in [5.41, 5.74) is 6.91. The molecule has 13 heavy (non-hydrogen) atoms. The van der Waals surface area contributed by atoms with E-state index in [0.717, 1.165) is 19.3 Å². The van der Waals surface area contributed by atoms with E-state index < -0.39 is 5.54 Å². The summed E-state index contributed by atoms with van der Waals surface area (Å²) in [5, 5.41) is 0. The number of hydrogen-bond donors (Lipinski definition) is 1. The van der Waals surface area contributed by atoms with Gasteiger partial charge in [0, 0.05) is 11.8 Å². The minimum atomic E-state index is -0.574. The van der Waals surface area contributed by atoms with Crippen LogP contribution in [0.2, 0.25) is 0 Å². The van der Waals surface area contributed by atoms with Crippen LogP contribution in [0.1, 0.15) is 39.5 Å². The third-order valence-corrected chi connectivity index (χ3v) is 4.16. The summed E-state index contributed by atoms with van der Waals surface area (Å²) in [6.07, 6.45) is 5.63. The highest BCUT2D eigenvalue weighted by Gasteiger charge is 2.55. The maximum absolute atomic E-state index is 11.8. The van der Waals surface area contributed by atoms with Crippen molar-refractivity contribution in [2.24, 2.45) is 11.1 Å². The molecule has 2 nitrogen and oxygen atoms in total. The van der Waals surface area contributed by atoms with Gasteiger partial charge in [-0.05, 0) is 26.2 Å². The van der Waals surface area contributed by atoms with Gasteiger partial charge in [-0.2, -0.15) is 0 Å². The largest absolute Gasteiger partial charge is 0.318 e. The Hall–Kier alpha value is -0.630. The Balaban J connectivity index is 2.45. The van der Waals surface area contributed by atoms with Crippen LogP contribution in [-0.2, 0) is 4.79 Å². The first-order valence-corrected chi connectivity index (χ1v) is 5.00. The minimum Gasteiger partial charge on any atom is -0.318 e. The summed E-state index contributed by atoms with van der Waals surface area (Å²) in [4.78, 5) is 11.8. The number of ketones is 1. The normalized spacial score (nSPS) is 44.5. The van der Waals surface area contributed by atoms with Gasteiger partial charge in [0.15, 0.2) is 5.78 Å². The van der Waals surface area contributed by atoms with Crippen LogP contribution < -0.4 is 5.73 Å². The molecule has 0 heterocycles. The quantitative estimate of drug-likeness (QED) is 0.576. The first kappa shape index (κ1) is 8.95. The van der Waals surface area contributed by atoms with Crippen molar-refractivity contribution < 1.29 is 4.79 Å². The van der Waals surface area contributed by atoms with Gasteiger partial charge in [-0.1, -0.05) is 18.6 Å².